The van der Waals surface area contributed by atoms with Gasteiger partial charge >= 0.3 is 0 Å². The zero-order valence-electron chi connectivity index (χ0n) is 10.8. The first-order chi connectivity index (χ1) is 8.84. The molecule has 0 radical (unpaired) electrons. The van der Waals surface area contributed by atoms with Gasteiger partial charge in [0.25, 0.3) is 0 Å². The smallest absolute Gasteiger partial charge is 0.172 e. The van der Waals surface area contributed by atoms with Gasteiger partial charge in [0, 0.05) is 0 Å². The van der Waals surface area contributed by atoms with E-state index in [9.17, 15) is 0 Å². The summed E-state index contributed by atoms with van der Waals surface area (Å²) >= 11 is 3.67. The summed E-state index contributed by atoms with van der Waals surface area (Å²) in [7, 11) is 0. The Labute approximate surface area is 117 Å². The first-order valence-electron chi connectivity index (χ1n) is 7.24. The number of rotatable bonds is 3. The molecule has 0 N–H and O–H groups in total. The highest BCUT2D eigenvalue weighted by atomic mass is 79.9. The third-order valence-electron chi connectivity index (χ3n) is 4.22. The van der Waals surface area contributed by atoms with Gasteiger partial charge in [-0.3, -0.25) is 4.68 Å². The molecule has 3 rings (SSSR count). The molecule has 0 saturated heterocycles. The maximum Gasteiger partial charge on any atom is 0.172 e. The molecule has 4 heteroatoms. The lowest BCUT2D eigenvalue weighted by molar-refractivity contribution is 0.207. The summed E-state index contributed by atoms with van der Waals surface area (Å²) in [4.78, 5) is 0. The number of halogens is 1. The van der Waals surface area contributed by atoms with Gasteiger partial charge in [0.1, 0.15) is 4.60 Å². The molecule has 0 atom stereocenters. The molecule has 0 aromatic carbocycles. The van der Waals surface area contributed by atoms with Crippen LogP contribution in [0.2, 0.25) is 0 Å². The number of aromatic nitrogens is 2. The van der Waals surface area contributed by atoms with Crippen molar-refractivity contribution < 1.29 is 4.74 Å². The van der Waals surface area contributed by atoms with E-state index in [1.54, 1.807) is 0 Å². The van der Waals surface area contributed by atoms with E-state index in [0.717, 1.165) is 10.4 Å². The maximum absolute atomic E-state index is 6.05. The van der Waals surface area contributed by atoms with Gasteiger partial charge in [0.2, 0.25) is 0 Å². The third-order valence-corrected chi connectivity index (χ3v) is 4.97. The minimum absolute atomic E-state index is 0.408. The summed E-state index contributed by atoms with van der Waals surface area (Å²) in [5, 5.41) is 4.53. The minimum Gasteiger partial charge on any atom is -0.486 e. The Kier molecular flexibility index (Phi) is 3.92. The van der Waals surface area contributed by atoms with Crippen molar-refractivity contribution in [2.75, 3.05) is 0 Å². The van der Waals surface area contributed by atoms with Crippen molar-refractivity contribution in [1.82, 2.24) is 9.78 Å². The third kappa shape index (κ3) is 2.58. The van der Waals surface area contributed by atoms with Crippen LogP contribution in [-0.4, -0.2) is 15.9 Å². The summed E-state index contributed by atoms with van der Waals surface area (Å²) in [6.45, 7) is 0. The second kappa shape index (κ2) is 5.64. The largest absolute Gasteiger partial charge is 0.486 e. The summed E-state index contributed by atoms with van der Waals surface area (Å²) < 4.78 is 9.22. The highest BCUT2D eigenvalue weighted by Crippen LogP contribution is 2.35. The fourth-order valence-corrected chi connectivity index (χ4v) is 3.75. The van der Waals surface area contributed by atoms with E-state index in [-0.39, 0.29) is 0 Å². The van der Waals surface area contributed by atoms with E-state index in [1.165, 1.54) is 57.8 Å². The lowest BCUT2D eigenvalue weighted by Gasteiger charge is -2.22. The van der Waals surface area contributed by atoms with Gasteiger partial charge in [-0.2, -0.15) is 5.10 Å². The summed E-state index contributed by atoms with van der Waals surface area (Å²) in [6, 6.07) is 0.564. The van der Waals surface area contributed by atoms with Crippen molar-refractivity contribution in [3.63, 3.8) is 0 Å². The van der Waals surface area contributed by atoms with Crippen LogP contribution < -0.4 is 4.74 Å². The summed E-state index contributed by atoms with van der Waals surface area (Å²) in [5.74, 6) is 0.937. The second-order valence-electron chi connectivity index (χ2n) is 5.56. The molecule has 0 amide bonds. The van der Waals surface area contributed by atoms with Gasteiger partial charge in [-0.1, -0.05) is 19.3 Å². The molecule has 1 heterocycles. The number of ether oxygens (including phenoxy) is 1. The van der Waals surface area contributed by atoms with Crippen LogP contribution in [0.1, 0.15) is 63.8 Å². The number of hydrogen-bond acceptors (Lipinski definition) is 2. The maximum atomic E-state index is 6.05. The van der Waals surface area contributed by atoms with Gasteiger partial charge in [-0.15, -0.1) is 0 Å². The fraction of sp³-hybridized carbons (Fsp3) is 0.786. The Morgan fingerprint density at radius 3 is 2.44 bits per heavy atom. The molecule has 0 unspecified atom stereocenters. The first kappa shape index (κ1) is 12.5. The zero-order valence-corrected chi connectivity index (χ0v) is 12.4. The summed E-state index contributed by atoms with van der Waals surface area (Å²) in [5.41, 5.74) is 0. The van der Waals surface area contributed by atoms with E-state index in [0.29, 0.717) is 12.1 Å². The number of hydrogen-bond donors (Lipinski definition) is 0. The van der Waals surface area contributed by atoms with Crippen molar-refractivity contribution in [3.8, 4) is 5.75 Å². The summed E-state index contributed by atoms with van der Waals surface area (Å²) in [6.07, 6.45) is 13.8. The Morgan fingerprint density at radius 2 is 1.72 bits per heavy atom. The van der Waals surface area contributed by atoms with E-state index in [4.69, 9.17) is 4.74 Å². The molecule has 3 nitrogen and oxygen atoms in total. The van der Waals surface area contributed by atoms with Crippen molar-refractivity contribution in [1.29, 1.82) is 0 Å². The Bertz CT molecular complexity index is 392. The van der Waals surface area contributed by atoms with Crippen molar-refractivity contribution in [3.05, 3.63) is 10.8 Å². The lowest BCUT2D eigenvalue weighted by Crippen LogP contribution is -2.15. The molecule has 0 bridgehead atoms. The first-order valence-corrected chi connectivity index (χ1v) is 8.03. The van der Waals surface area contributed by atoms with E-state index in [1.807, 2.05) is 6.20 Å². The fourth-order valence-electron chi connectivity index (χ4n) is 3.18. The van der Waals surface area contributed by atoms with Crippen molar-refractivity contribution in [2.45, 2.75) is 69.9 Å². The number of nitrogens with zero attached hydrogens (tertiary/aromatic N) is 2. The van der Waals surface area contributed by atoms with Gasteiger partial charge in [0.05, 0.1) is 18.3 Å². The minimum atomic E-state index is 0.408. The predicted octanol–water partition coefficient (Wildman–Crippen LogP) is 4.47. The average molecular weight is 313 g/mol. The van der Waals surface area contributed by atoms with Crippen molar-refractivity contribution in [2.24, 2.45) is 0 Å². The lowest BCUT2D eigenvalue weighted by atomic mass is 9.96. The Morgan fingerprint density at radius 1 is 1.06 bits per heavy atom. The van der Waals surface area contributed by atoms with Crippen LogP contribution in [0.3, 0.4) is 0 Å². The molecule has 2 aliphatic rings. The molecule has 0 spiro atoms. The molecule has 18 heavy (non-hydrogen) atoms. The van der Waals surface area contributed by atoms with Crippen LogP contribution in [0.5, 0.6) is 5.75 Å². The standard InChI is InChI=1S/C14H21BrN2O/c15-14-13(18-12-8-4-5-9-12)10-16-17(14)11-6-2-1-3-7-11/h10-12H,1-9H2. The van der Waals surface area contributed by atoms with Crippen LogP contribution in [-0.2, 0) is 0 Å². The van der Waals surface area contributed by atoms with E-state index >= 15 is 0 Å². The van der Waals surface area contributed by atoms with Crippen LogP contribution >= 0.6 is 15.9 Å². The van der Waals surface area contributed by atoms with Crippen LogP contribution in [0.4, 0.5) is 0 Å². The van der Waals surface area contributed by atoms with Gasteiger partial charge in [-0.25, -0.2) is 0 Å². The topological polar surface area (TPSA) is 27.1 Å². The zero-order chi connectivity index (χ0) is 12.4. The molecular weight excluding hydrogens is 292 g/mol. The Hall–Kier alpha value is -0.510. The average Bonchev–Trinajstić information content (AvgIpc) is 3.03. The van der Waals surface area contributed by atoms with Crippen molar-refractivity contribution >= 4 is 15.9 Å². The second-order valence-corrected chi connectivity index (χ2v) is 6.31. The highest BCUT2D eigenvalue weighted by Gasteiger charge is 2.23. The van der Waals surface area contributed by atoms with E-state index < -0.39 is 0 Å². The van der Waals surface area contributed by atoms with E-state index in [2.05, 4.69) is 25.7 Å². The monoisotopic (exact) mass is 312 g/mol. The normalized spacial score (nSPS) is 22.5. The molecule has 1 aromatic rings. The predicted molar refractivity (Wildman–Crippen MR) is 74.9 cm³/mol. The molecule has 2 fully saturated rings. The highest BCUT2D eigenvalue weighted by molar-refractivity contribution is 9.10. The Balaban J connectivity index is 1.70. The van der Waals surface area contributed by atoms with Crippen LogP contribution in [0, 0.1) is 0 Å². The quantitative estimate of drug-likeness (QED) is 0.823. The molecule has 0 aliphatic heterocycles. The van der Waals surface area contributed by atoms with Gasteiger partial charge in [-0.05, 0) is 54.5 Å². The van der Waals surface area contributed by atoms with Crippen LogP contribution in [0.25, 0.3) is 0 Å². The SMILES string of the molecule is Brc1c(OC2CCCC2)cnn1C1CCCCC1. The van der Waals surface area contributed by atoms with Crippen LogP contribution in [0.15, 0.2) is 10.8 Å². The molecule has 2 saturated carbocycles. The molecular formula is C14H21BrN2O. The van der Waals surface area contributed by atoms with Gasteiger partial charge in [0.15, 0.2) is 5.75 Å². The molecule has 100 valence electrons. The molecule has 1 aromatic heterocycles. The molecule has 2 aliphatic carbocycles. The van der Waals surface area contributed by atoms with Gasteiger partial charge < -0.3 is 4.74 Å².